The molecule has 0 radical (unpaired) electrons. The van der Waals surface area contributed by atoms with Gasteiger partial charge in [-0.05, 0) is 30.9 Å². The Morgan fingerprint density at radius 1 is 1.22 bits per heavy atom. The Kier molecular flexibility index (Phi) is 4.55. The summed E-state index contributed by atoms with van der Waals surface area (Å²) in [4.78, 5) is 6.81. The minimum absolute atomic E-state index is 0.430. The number of pyridine rings is 1. The quantitative estimate of drug-likeness (QED) is 0.862. The van der Waals surface area contributed by atoms with Gasteiger partial charge in [0, 0.05) is 44.0 Å². The molecule has 0 unspecified atom stereocenters. The van der Waals surface area contributed by atoms with Crippen molar-refractivity contribution in [3.63, 3.8) is 0 Å². The standard InChI is InChI=1S/C17H23N3O2S/c1-19(23(2,21)22)13-14-8-11-20(12-9-14)17-7-10-18-16-6-4-3-5-15(16)17/h3-7,10,14H,8-9,11-13H2,1-2H3. The molecule has 2 aromatic rings. The van der Waals surface area contributed by atoms with Crippen LogP contribution < -0.4 is 4.90 Å². The fourth-order valence-electron chi connectivity index (χ4n) is 3.21. The van der Waals surface area contributed by atoms with Crippen molar-refractivity contribution in [2.24, 2.45) is 5.92 Å². The van der Waals surface area contributed by atoms with Gasteiger partial charge in [0.05, 0.1) is 11.8 Å². The zero-order valence-electron chi connectivity index (χ0n) is 13.6. The van der Waals surface area contributed by atoms with Crippen LogP contribution in [0.1, 0.15) is 12.8 Å². The summed E-state index contributed by atoms with van der Waals surface area (Å²) >= 11 is 0. The number of benzene rings is 1. The summed E-state index contributed by atoms with van der Waals surface area (Å²) < 4.78 is 24.6. The molecule has 0 aliphatic carbocycles. The summed E-state index contributed by atoms with van der Waals surface area (Å²) in [6.45, 7) is 2.52. The van der Waals surface area contributed by atoms with E-state index in [4.69, 9.17) is 0 Å². The predicted octanol–water partition coefficient (Wildman–Crippen LogP) is 2.34. The van der Waals surface area contributed by atoms with Crippen molar-refractivity contribution < 1.29 is 8.42 Å². The molecule has 2 heterocycles. The summed E-state index contributed by atoms with van der Waals surface area (Å²) in [6, 6.07) is 10.3. The lowest BCUT2D eigenvalue weighted by Crippen LogP contribution is -2.39. The average Bonchev–Trinajstić information content (AvgIpc) is 2.54. The van der Waals surface area contributed by atoms with Crippen LogP contribution in [0, 0.1) is 5.92 Å². The number of para-hydroxylation sites is 1. The molecule has 1 aliphatic rings. The molecule has 0 saturated carbocycles. The van der Waals surface area contributed by atoms with Crippen molar-refractivity contribution in [1.82, 2.24) is 9.29 Å². The van der Waals surface area contributed by atoms with E-state index in [1.54, 1.807) is 7.05 Å². The Balaban J connectivity index is 1.69. The maximum absolute atomic E-state index is 11.5. The van der Waals surface area contributed by atoms with Crippen molar-refractivity contribution in [2.75, 3.05) is 37.8 Å². The van der Waals surface area contributed by atoms with E-state index in [9.17, 15) is 8.42 Å². The molecule has 5 nitrogen and oxygen atoms in total. The third-order valence-corrected chi connectivity index (χ3v) is 5.94. The first-order valence-electron chi connectivity index (χ1n) is 7.95. The zero-order valence-corrected chi connectivity index (χ0v) is 14.5. The van der Waals surface area contributed by atoms with Crippen LogP contribution in [0.4, 0.5) is 5.69 Å². The van der Waals surface area contributed by atoms with Gasteiger partial charge >= 0.3 is 0 Å². The highest BCUT2D eigenvalue weighted by atomic mass is 32.2. The molecule has 0 N–H and O–H groups in total. The van der Waals surface area contributed by atoms with Crippen LogP contribution in [0.2, 0.25) is 0 Å². The van der Waals surface area contributed by atoms with Gasteiger partial charge in [-0.25, -0.2) is 12.7 Å². The van der Waals surface area contributed by atoms with Gasteiger partial charge in [0.2, 0.25) is 10.0 Å². The van der Waals surface area contributed by atoms with Crippen LogP contribution in [0.3, 0.4) is 0 Å². The molecule has 1 aliphatic heterocycles. The fourth-order valence-corrected chi connectivity index (χ4v) is 3.69. The number of nitrogens with zero attached hydrogens (tertiary/aromatic N) is 3. The van der Waals surface area contributed by atoms with E-state index in [0.29, 0.717) is 12.5 Å². The molecule has 124 valence electrons. The highest BCUT2D eigenvalue weighted by Crippen LogP contribution is 2.29. The molecule has 1 aromatic carbocycles. The number of rotatable bonds is 4. The van der Waals surface area contributed by atoms with Gasteiger partial charge in [-0.1, -0.05) is 18.2 Å². The largest absolute Gasteiger partial charge is 0.371 e. The van der Waals surface area contributed by atoms with E-state index >= 15 is 0 Å². The lowest BCUT2D eigenvalue weighted by Gasteiger charge is -2.35. The summed E-state index contributed by atoms with van der Waals surface area (Å²) in [5, 5.41) is 1.18. The van der Waals surface area contributed by atoms with Gasteiger partial charge in [0.15, 0.2) is 0 Å². The van der Waals surface area contributed by atoms with E-state index in [0.717, 1.165) is 31.4 Å². The normalized spacial score (nSPS) is 17.1. The van der Waals surface area contributed by atoms with Crippen LogP contribution in [-0.2, 0) is 10.0 Å². The second-order valence-electron chi connectivity index (χ2n) is 6.32. The summed E-state index contributed by atoms with van der Waals surface area (Å²) in [5.74, 6) is 0.430. The number of hydrogen-bond acceptors (Lipinski definition) is 4. The molecule has 0 bridgehead atoms. The number of hydrogen-bond donors (Lipinski definition) is 0. The van der Waals surface area contributed by atoms with Gasteiger partial charge in [-0.2, -0.15) is 0 Å². The number of sulfonamides is 1. The van der Waals surface area contributed by atoms with Gasteiger partial charge in [0.25, 0.3) is 0 Å². The highest BCUT2D eigenvalue weighted by Gasteiger charge is 2.24. The molecular weight excluding hydrogens is 310 g/mol. The van der Waals surface area contributed by atoms with Crippen molar-refractivity contribution in [3.8, 4) is 0 Å². The third-order valence-electron chi connectivity index (χ3n) is 4.66. The highest BCUT2D eigenvalue weighted by molar-refractivity contribution is 7.88. The monoisotopic (exact) mass is 333 g/mol. The first-order valence-corrected chi connectivity index (χ1v) is 9.80. The lowest BCUT2D eigenvalue weighted by atomic mass is 9.96. The minimum Gasteiger partial charge on any atom is -0.371 e. The molecule has 1 aromatic heterocycles. The number of anilines is 1. The van der Waals surface area contributed by atoms with E-state index in [1.165, 1.54) is 21.6 Å². The third kappa shape index (κ3) is 3.64. The van der Waals surface area contributed by atoms with Crippen LogP contribution >= 0.6 is 0 Å². The lowest BCUT2D eigenvalue weighted by molar-refractivity contribution is 0.329. The molecule has 1 saturated heterocycles. The number of aromatic nitrogens is 1. The Morgan fingerprint density at radius 3 is 2.61 bits per heavy atom. The Labute approximate surface area is 138 Å². The second-order valence-corrected chi connectivity index (χ2v) is 8.41. The maximum atomic E-state index is 11.5. The molecule has 23 heavy (non-hydrogen) atoms. The minimum atomic E-state index is -3.09. The molecule has 0 spiro atoms. The SMILES string of the molecule is CN(CC1CCN(c2ccnc3ccccc23)CC1)S(C)(=O)=O. The smallest absolute Gasteiger partial charge is 0.210 e. The van der Waals surface area contributed by atoms with Gasteiger partial charge in [0.1, 0.15) is 0 Å². The Hall–Kier alpha value is -1.66. The van der Waals surface area contributed by atoms with E-state index in [1.807, 2.05) is 24.4 Å². The fraction of sp³-hybridized carbons (Fsp3) is 0.471. The first kappa shape index (κ1) is 16.2. The zero-order chi connectivity index (χ0) is 16.4. The van der Waals surface area contributed by atoms with Crippen molar-refractivity contribution in [3.05, 3.63) is 36.5 Å². The first-order chi connectivity index (χ1) is 10.9. The van der Waals surface area contributed by atoms with Crippen LogP contribution in [0.15, 0.2) is 36.5 Å². The van der Waals surface area contributed by atoms with Gasteiger partial charge < -0.3 is 4.90 Å². The van der Waals surface area contributed by atoms with E-state index < -0.39 is 10.0 Å². The van der Waals surface area contributed by atoms with Crippen molar-refractivity contribution in [1.29, 1.82) is 0 Å². The van der Waals surface area contributed by atoms with Gasteiger partial charge in [-0.15, -0.1) is 0 Å². The summed E-state index contributed by atoms with van der Waals surface area (Å²) in [6.07, 6.45) is 5.15. The maximum Gasteiger partial charge on any atom is 0.210 e. The van der Waals surface area contributed by atoms with E-state index in [2.05, 4.69) is 22.0 Å². The van der Waals surface area contributed by atoms with Crippen LogP contribution in [0.5, 0.6) is 0 Å². The second kappa shape index (κ2) is 6.45. The number of piperidine rings is 1. The summed E-state index contributed by atoms with van der Waals surface area (Å²) in [7, 11) is -1.42. The topological polar surface area (TPSA) is 53.5 Å². The van der Waals surface area contributed by atoms with Crippen molar-refractivity contribution >= 4 is 26.6 Å². The Bertz CT molecular complexity index is 778. The molecule has 0 amide bonds. The van der Waals surface area contributed by atoms with E-state index in [-0.39, 0.29) is 0 Å². The molecular formula is C17H23N3O2S. The average molecular weight is 333 g/mol. The van der Waals surface area contributed by atoms with Gasteiger partial charge in [-0.3, -0.25) is 4.98 Å². The molecule has 3 rings (SSSR count). The van der Waals surface area contributed by atoms with Crippen LogP contribution in [0.25, 0.3) is 10.9 Å². The molecule has 0 atom stereocenters. The molecule has 1 fully saturated rings. The summed E-state index contributed by atoms with van der Waals surface area (Å²) in [5.41, 5.74) is 2.24. The molecule has 6 heteroatoms. The predicted molar refractivity (Wildman–Crippen MR) is 94.2 cm³/mol. The Morgan fingerprint density at radius 2 is 1.91 bits per heavy atom. The van der Waals surface area contributed by atoms with Crippen LogP contribution in [-0.4, -0.2) is 50.6 Å². The number of fused-ring (bicyclic) bond motifs is 1. The van der Waals surface area contributed by atoms with Crippen molar-refractivity contribution in [2.45, 2.75) is 12.8 Å².